The van der Waals surface area contributed by atoms with Gasteiger partial charge in [-0.2, -0.15) is 11.8 Å². The molecule has 12 heteroatoms. The molecule has 0 aromatic carbocycles. The van der Waals surface area contributed by atoms with Gasteiger partial charge in [0.1, 0.15) is 36.6 Å². The largest absolute Gasteiger partial charge is 0.462 e. The molecule has 3 rings (SSSR count). The summed E-state index contributed by atoms with van der Waals surface area (Å²) < 4.78 is 29.4. The second-order valence-electron chi connectivity index (χ2n) is 12.1. The highest BCUT2D eigenvalue weighted by molar-refractivity contribution is 7.98. The van der Waals surface area contributed by atoms with Gasteiger partial charge in [-0.05, 0) is 64.4 Å². The van der Waals surface area contributed by atoms with E-state index in [0.717, 1.165) is 18.6 Å². The van der Waals surface area contributed by atoms with E-state index in [1.807, 2.05) is 20.1 Å². The normalized spacial score (nSPS) is 31.6. The Morgan fingerprint density at radius 2 is 1.95 bits per heavy atom. The fourth-order valence-corrected chi connectivity index (χ4v) is 6.18. The second kappa shape index (κ2) is 14.5. The lowest BCUT2D eigenvalue weighted by molar-refractivity contribution is -0.145. The quantitative estimate of drug-likeness (QED) is 0.145. The van der Waals surface area contributed by atoms with Crippen molar-refractivity contribution in [1.82, 2.24) is 10.6 Å². The summed E-state index contributed by atoms with van der Waals surface area (Å²) in [5, 5.41) is 5.35. The number of rotatable bonds is 15. The van der Waals surface area contributed by atoms with E-state index in [-0.39, 0.29) is 42.8 Å². The maximum Gasteiger partial charge on any atom is 0.407 e. The molecule has 1 unspecified atom stereocenters. The Labute approximate surface area is 248 Å². The summed E-state index contributed by atoms with van der Waals surface area (Å²) in [5.41, 5.74) is 6.33. The monoisotopic (exact) mass is 599 g/mol. The lowest BCUT2D eigenvalue weighted by atomic mass is 9.68. The van der Waals surface area contributed by atoms with Crippen LogP contribution in [0.2, 0.25) is 0 Å². The highest BCUT2D eigenvalue weighted by atomic mass is 32.2. The highest BCUT2D eigenvalue weighted by Crippen LogP contribution is 2.59. The smallest absolute Gasteiger partial charge is 0.407 e. The van der Waals surface area contributed by atoms with E-state index >= 15 is 0 Å². The van der Waals surface area contributed by atoms with Crippen LogP contribution in [0, 0.1) is 11.8 Å². The average Bonchev–Trinajstić information content (AvgIpc) is 3.84. The molecule has 2 saturated heterocycles. The van der Waals surface area contributed by atoms with Crippen LogP contribution in [0.4, 0.5) is 4.79 Å². The summed E-state index contributed by atoms with van der Waals surface area (Å²) in [6.45, 7) is 10.4. The molecule has 0 aromatic rings. The summed E-state index contributed by atoms with van der Waals surface area (Å²) in [6.07, 6.45) is 5.39. The lowest BCUT2D eigenvalue weighted by Gasteiger charge is -2.42. The van der Waals surface area contributed by atoms with E-state index in [9.17, 15) is 14.4 Å². The van der Waals surface area contributed by atoms with E-state index in [4.69, 9.17) is 29.4 Å². The van der Waals surface area contributed by atoms with Crippen LogP contribution in [0.3, 0.4) is 0 Å². The summed E-state index contributed by atoms with van der Waals surface area (Å²) in [5.74, 6) is -0.375. The number of carbonyl (C=O) groups excluding carboxylic acids is 3. The van der Waals surface area contributed by atoms with Crippen LogP contribution in [-0.2, 0) is 33.3 Å². The maximum absolute atomic E-state index is 13.0. The number of esters is 1. The van der Waals surface area contributed by atoms with Crippen molar-refractivity contribution in [3.63, 3.8) is 0 Å². The van der Waals surface area contributed by atoms with Crippen molar-refractivity contribution in [2.45, 2.75) is 102 Å². The van der Waals surface area contributed by atoms with Gasteiger partial charge in [-0.15, -0.1) is 0 Å². The standard InChI is InChI=1S/C29H49N3O8S/c1-17(2)8-9-22-28(5,40-22)25-24(36-6)21(10-12-29(25)16-38-29)39-27(35)32-20(18(3)4)15-37-23(33)14-31-26(34)19(30)11-13-41-7/h8,18-22,24-25H,9-16,30H2,1-7H3,(H,31,34)(H,32,35)/t19-,20-,21+,22+,24+,25+,28?,29-/m0/s1. The number of epoxide rings is 2. The number of hydrogen-bond donors (Lipinski definition) is 3. The zero-order valence-corrected chi connectivity index (χ0v) is 26.3. The van der Waals surface area contributed by atoms with Gasteiger partial charge < -0.3 is 40.1 Å². The van der Waals surface area contributed by atoms with Gasteiger partial charge in [0.15, 0.2) is 0 Å². The molecule has 2 aliphatic heterocycles. The van der Waals surface area contributed by atoms with Crippen molar-refractivity contribution in [1.29, 1.82) is 0 Å². The molecule has 3 aliphatic rings. The number of thioether (sulfide) groups is 1. The Bertz CT molecular complexity index is 954. The van der Waals surface area contributed by atoms with Crippen LogP contribution >= 0.6 is 11.8 Å². The first-order valence-corrected chi connectivity index (χ1v) is 15.9. The summed E-state index contributed by atoms with van der Waals surface area (Å²) in [6, 6.07) is -1.16. The Hall–Kier alpha value is -1.86. The lowest BCUT2D eigenvalue weighted by Crippen LogP contribution is -2.56. The number of ether oxygens (including phenoxy) is 5. The third-order valence-corrected chi connectivity index (χ3v) is 9.05. The first-order chi connectivity index (χ1) is 19.4. The number of methoxy groups -OCH3 is 1. The molecule has 1 saturated carbocycles. The van der Waals surface area contributed by atoms with Crippen LogP contribution in [0.1, 0.15) is 60.3 Å². The van der Waals surface area contributed by atoms with Gasteiger partial charge in [0, 0.05) is 7.11 Å². The Morgan fingerprint density at radius 1 is 1.24 bits per heavy atom. The number of alkyl carbamates (subject to hydrolysis) is 1. The fraction of sp³-hybridized carbons (Fsp3) is 0.828. The number of amides is 2. The summed E-state index contributed by atoms with van der Waals surface area (Å²) in [7, 11) is 1.63. The third kappa shape index (κ3) is 8.82. The second-order valence-corrected chi connectivity index (χ2v) is 13.1. The molecule has 1 aliphatic carbocycles. The number of nitrogens with one attached hydrogen (secondary N) is 2. The predicted molar refractivity (Wildman–Crippen MR) is 157 cm³/mol. The topological polar surface area (TPSA) is 154 Å². The number of allylic oxidation sites excluding steroid dienone is 1. The molecule has 3 fully saturated rings. The molecule has 0 bridgehead atoms. The average molecular weight is 600 g/mol. The summed E-state index contributed by atoms with van der Waals surface area (Å²) >= 11 is 1.60. The van der Waals surface area contributed by atoms with E-state index in [1.165, 1.54) is 5.57 Å². The fourth-order valence-electron chi connectivity index (χ4n) is 5.69. The van der Waals surface area contributed by atoms with E-state index in [2.05, 4.69) is 37.5 Å². The van der Waals surface area contributed by atoms with Gasteiger partial charge in [-0.1, -0.05) is 25.5 Å². The van der Waals surface area contributed by atoms with Crippen LogP contribution in [0.25, 0.3) is 0 Å². The first kappa shape index (κ1) is 33.6. The van der Waals surface area contributed by atoms with Gasteiger partial charge in [0.05, 0.1) is 30.7 Å². The Morgan fingerprint density at radius 3 is 2.54 bits per heavy atom. The van der Waals surface area contributed by atoms with Crippen molar-refractivity contribution in [3.05, 3.63) is 11.6 Å². The van der Waals surface area contributed by atoms with Crippen molar-refractivity contribution in [2.75, 3.05) is 38.9 Å². The Balaban J connectivity index is 1.52. The van der Waals surface area contributed by atoms with Crippen LogP contribution in [0.15, 0.2) is 11.6 Å². The minimum atomic E-state index is -0.677. The molecular weight excluding hydrogens is 550 g/mol. The maximum atomic E-state index is 13.0. The van der Waals surface area contributed by atoms with Crippen LogP contribution < -0.4 is 16.4 Å². The molecule has 1 spiro atoms. The first-order valence-electron chi connectivity index (χ1n) is 14.5. The summed E-state index contributed by atoms with van der Waals surface area (Å²) in [4.78, 5) is 37.3. The molecule has 11 nitrogen and oxygen atoms in total. The van der Waals surface area contributed by atoms with Crippen molar-refractivity contribution >= 4 is 29.7 Å². The van der Waals surface area contributed by atoms with Crippen LogP contribution in [0.5, 0.6) is 0 Å². The van der Waals surface area contributed by atoms with Gasteiger partial charge >= 0.3 is 12.1 Å². The van der Waals surface area contributed by atoms with Crippen molar-refractivity contribution in [3.8, 4) is 0 Å². The van der Waals surface area contributed by atoms with Gasteiger partial charge in [0.2, 0.25) is 5.91 Å². The minimum absolute atomic E-state index is 0.0417. The molecule has 2 heterocycles. The van der Waals surface area contributed by atoms with Gasteiger partial charge in [-0.3, -0.25) is 9.59 Å². The molecule has 41 heavy (non-hydrogen) atoms. The molecule has 0 aromatic heterocycles. The predicted octanol–water partition coefficient (Wildman–Crippen LogP) is 2.55. The third-order valence-electron chi connectivity index (χ3n) is 8.40. The van der Waals surface area contributed by atoms with Crippen molar-refractivity contribution < 1.29 is 38.1 Å². The molecule has 4 N–H and O–H groups in total. The molecule has 2 amide bonds. The van der Waals surface area contributed by atoms with E-state index in [1.54, 1.807) is 18.9 Å². The molecule has 234 valence electrons. The highest BCUT2D eigenvalue weighted by Gasteiger charge is 2.72. The van der Waals surface area contributed by atoms with Crippen LogP contribution in [-0.4, -0.2) is 98.4 Å². The molecular formula is C29H49N3O8S. The zero-order valence-electron chi connectivity index (χ0n) is 25.5. The molecule has 8 atom stereocenters. The SMILES string of the molecule is CO[C@H]1[C@H](C2(C)O[C@@H]2CC=C(C)C)[C@]2(CC[C@H]1OC(=O)N[C@@H](COC(=O)CNC(=O)[C@@H](N)CCSC)C(C)C)CO2. The molecule has 0 radical (unpaired) electrons. The minimum Gasteiger partial charge on any atom is -0.462 e. The van der Waals surface area contributed by atoms with E-state index in [0.29, 0.717) is 19.4 Å². The zero-order chi connectivity index (χ0) is 30.4. The van der Waals surface area contributed by atoms with Gasteiger partial charge in [0.25, 0.3) is 0 Å². The van der Waals surface area contributed by atoms with E-state index < -0.39 is 41.8 Å². The number of hydrogen-bond acceptors (Lipinski definition) is 10. The number of nitrogens with two attached hydrogens (primary N) is 1. The Kier molecular flexibility index (Phi) is 11.9. The number of carbonyl (C=O) groups is 3. The van der Waals surface area contributed by atoms with Crippen molar-refractivity contribution in [2.24, 2.45) is 17.6 Å². The van der Waals surface area contributed by atoms with Gasteiger partial charge in [-0.25, -0.2) is 4.79 Å².